The van der Waals surface area contributed by atoms with Crippen LogP contribution in [-0.4, -0.2) is 26.5 Å². The summed E-state index contributed by atoms with van der Waals surface area (Å²) in [5, 5.41) is 4.37. The van der Waals surface area contributed by atoms with Gasteiger partial charge in [-0.25, -0.2) is 18.6 Å². The number of carbonyl (C=O) groups excluding carboxylic acids is 2. The molecule has 38 heavy (non-hydrogen) atoms. The van der Waals surface area contributed by atoms with Gasteiger partial charge in [0, 0.05) is 16.3 Å². The first-order valence-corrected chi connectivity index (χ1v) is 13.2. The van der Waals surface area contributed by atoms with Gasteiger partial charge in [-0.3, -0.25) is 9.52 Å². The highest BCUT2D eigenvalue weighted by Gasteiger charge is 2.14. The zero-order valence-electron chi connectivity index (χ0n) is 20.1. The number of halogens is 1. The second kappa shape index (κ2) is 11.7. The third-order valence-corrected chi connectivity index (χ3v) is 6.93. The van der Waals surface area contributed by atoms with Crippen LogP contribution in [0, 0.1) is 6.92 Å². The summed E-state index contributed by atoms with van der Waals surface area (Å²) in [4.78, 5) is 24.7. The van der Waals surface area contributed by atoms with Crippen molar-refractivity contribution in [3.63, 3.8) is 0 Å². The fourth-order valence-electron chi connectivity index (χ4n) is 3.22. The third-order valence-electron chi connectivity index (χ3n) is 5.28. The Morgan fingerprint density at radius 1 is 0.816 bits per heavy atom. The SMILES string of the molecule is Cc1ccc(C(=O)Oc2ccc(/C=N\NC(=O)c3ccc(NS(=O)(=O)c4ccc(Cl)cc4)cc3)cc2)cc1. The normalized spacial score (nSPS) is 11.2. The van der Waals surface area contributed by atoms with Crippen molar-refractivity contribution in [1.29, 1.82) is 0 Å². The van der Waals surface area contributed by atoms with E-state index in [4.69, 9.17) is 16.3 Å². The quantitative estimate of drug-likeness (QED) is 0.132. The number of carbonyl (C=O) groups is 2. The van der Waals surface area contributed by atoms with Gasteiger partial charge in [-0.1, -0.05) is 29.3 Å². The third kappa shape index (κ3) is 7.06. The molecule has 0 aliphatic heterocycles. The van der Waals surface area contributed by atoms with Crippen molar-refractivity contribution in [3.05, 3.63) is 124 Å². The zero-order valence-corrected chi connectivity index (χ0v) is 21.7. The van der Waals surface area contributed by atoms with Gasteiger partial charge in [0.1, 0.15) is 5.75 Å². The van der Waals surface area contributed by atoms with E-state index in [2.05, 4.69) is 15.2 Å². The van der Waals surface area contributed by atoms with E-state index in [0.29, 0.717) is 27.6 Å². The molecular formula is C28H22ClN3O5S. The van der Waals surface area contributed by atoms with Gasteiger partial charge in [-0.2, -0.15) is 5.10 Å². The van der Waals surface area contributed by atoms with Crippen LogP contribution in [0.1, 0.15) is 31.8 Å². The fraction of sp³-hybridized carbons (Fsp3) is 0.0357. The van der Waals surface area contributed by atoms with Crippen molar-refractivity contribution in [2.45, 2.75) is 11.8 Å². The molecule has 4 rings (SSSR count). The first kappa shape index (κ1) is 26.6. The van der Waals surface area contributed by atoms with Gasteiger partial charge in [0.25, 0.3) is 15.9 Å². The Morgan fingerprint density at radius 3 is 2.05 bits per heavy atom. The number of aryl methyl sites for hydroxylation is 1. The van der Waals surface area contributed by atoms with Crippen LogP contribution in [0.15, 0.2) is 107 Å². The molecule has 0 fully saturated rings. The number of esters is 1. The Bertz CT molecular complexity index is 1570. The number of benzene rings is 4. The average molecular weight is 548 g/mol. The van der Waals surface area contributed by atoms with Crippen molar-refractivity contribution in [2.24, 2.45) is 5.10 Å². The lowest BCUT2D eigenvalue weighted by Crippen LogP contribution is -2.18. The van der Waals surface area contributed by atoms with Gasteiger partial charge >= 0.3 is 5.97 Å². The molecule has 8 nitrogen and oxygen atoms in total. The zero-order chi connectivity index (χ0) is 27.1. The second-order valence-corrected chi connectivity index (χ2v) is 10.3. The molecule has 0 aromatic heterocycles. The van der Waals surface area contributed by atoms with Crippen LogP contribution in [0.5, 0.6) is 5.75 Å². The Balaban J connectivity index is 1.30. The van der Waals surface area contributed by atoms with Crippen LogP contribution >= 0.6 is 11.6 Å². The van der Waals surface area contributed by atoms with Gasteiger partial charge in [-0.05, 0) is 97.4 Å². The van der Waals surface area contributed by atoms with Crippen molar-refractivity contribution < 1.29 is 22.7 Å². The molecule has 192 valence electrons. The van der Waals surface area contributed by atoms with Crippen LogP contribution in [0.2, 0.25) is 5.02 Å². The molecule has 0 saturated carbocycles. The molecule has 4 aromatic rings. The summed E-state index contributed by atoms with van der Waals surface area (Å²) in [5.41, 5.74) is 5.17. The monoisotopic (exact) mass is 547 g/mol. The van der Waals surface area contributed by atoms with E-state index in [9.17, 15) is 18.0 Å². The largest absolute Gasteiger partial charge is 0.423 e. The van der Waals surface area contributed by atoms with Crippen LogP contribution in [0.25, 0.3) is 0 Å². The summed E-state index contributed by atoms with van der Waals surface area (Å²) in [6.45, 7) is 1.94. The number of anilines is 1. The molecule has 10 heteroatoms. The number of nitrogens with zero attached hydrogens (tertiary/aromatic N) is 1. The fourth-order valence-corrected chi connectivity index (χ4v) is 4.41. The Labute approximate surface area is 225 Å². The summed E-state index contributed by atoms with van der Waals surface area (Å²) in [6.07, 6.45) is 1.44. The van der Waals surface area contributed by atoms with Crippen LogP contribution in [0.3, 0.4) is 0 Å². The molecule has 0 bridgehead atoms. The summed E-state index contributed by atoms with van der Waals surface area (Å²) in [7, 11) is -3.79. The Hall–Kier alpha value is -4.47. The molecule has 1 amide bonds. The lowest BCUT2D eigenvalue weighted by molar-refractivity contribution is 0.0734. The molecule has 0 aliphatic rings. The maximum Gasteiger partial charge on any atom is 0.343 e. The lowest BCUT2D eigenvalue weighted by Gasteiger charge is -2.09. The highest BCUT2D eigenvalue weighted by Crippen LogP contribution is 2.19. The predicted octanol–water partition coefficient (Wildman–Crippen LogP) is 5.43. The van der Waals surface area contributed by atoms with E-state index in [0.717, 1.165) is 5.56 Å². The van der Waals surface area contributed by atoms with E-state index in [1.807, 2.05) is 19.1 Å². The average Bonchev–Trinajstić information content (AvgIpc) is 2.90. The molecule has 0 unspecified atom stereocenters. The molecule has 0 heterocycles. The van der Waals surface area contributed by atoms with Crippen molar-refractivity contribution in [3.8, 4) is 5.75 Å². The number of amides is 1. The van der Waals surface area contributed by atoms with Gasteiger partial charge in [-0.15, -0.1) is 0 Å². The van der Waals surface area contributed by atoms with Gasteiger partial charge in [0.15, 0.2) is 0 Å². The number of hydrogen-bond donors (Lipinski definition) is 2. The van der Waals surface area contributed by atoms with Crippen LogP contribution in [-0.2, 0) is 10.0 Å². The summed E-state index contributed by atoms with van der Waals surface area (Å²) >= 11 is 5.81. The summed E-state index contributed by atoms with van der Waals surface area (Å²) in [6, 6.07) is 25.4. The highest BCUT2D eigenvalue weighted by atomic mass is 35.5. The first-order valence-electron chi connectivity index (χ1n) is 11.3. The van der Waals surface area contributed by atoms with Crippen molar-refractivity contribution in [2.75, 3.05) is 4.72 Å². The highest BCUT2D eigenvalue weighted by molar-refractivity contribution is 7.92. The van der Waals surface area contributed by atoms with Crippen LogP contribution in [0.4, 0.5) is 5.69 Å². The molecule has 0 spiro atoms. The number of ether oxygens (including phenoxy) is 1. The van der Waals surface area contributed by atoms with Crippen molar-refractivity contribution in [1.82, 2.24) is 5.43 Å². The summed E-state index contributed by atoms with van der Waals surface area (Å²) < 4.78 is 32.8. The minimum absolute atomic E-state index is 0.0653. The van der Waals surface area contributed by atoms with E-state index in [1.165, 1.54) is 54.7 Å². The van der Waals surface area contributed by atoms with Crippen molar-refractivity contribution >= 4 is 45.4 Å². The smallest absolute Gasteiger partial charge is 0.343 e. The minimum atomic E-state index is -3.79. The number of hydrogen-bond acceptors (Lipinski definition) is 6. The standard InChI is InChI=1S/C28H22ClN3O5S/c1-19-2-6-22(7-3-19)28(34)37-25-14-4-20(5-15-25)18-30-31-27(33)21-8-12-24(13-9-21)32-38(35,36)26-16-10-23(29)11-17-26/h2-18,32H,1H3,(H,31,33)/b30-18-. The first-order chi connectivity index (χ1) is 18.2. The van der Waals surface area contributed by atoms with Gasteiger partial charge in [0.2, 0.25) is 0 Å². The lowest BCUT2D eigenvalue weighted by atomic mass is 10.1. The molecule has 2 N–H and O–H groups in total. The van der Waals surface area contributed by atoms with E-state index >= 15 is 0 Å². The number of sulfonamides is 1. The van der Waals surface area contributed by atoms with Gasteiger partial charge in [0.05, 0.1) is 16.7 Å². The molecule has 0 atom stereocenters. The maximum absolute atomic E-state index is 12.5. The topological polar surface area (TPSA) is 114 Å². The van der Waals surface area contributed by atoms with Gasteiger partial charge < -0.3 is 4.74 Å². The second-order valence-electron chi connectivity index (χ2n) is 8.16. The van der Waals surface area contributed by atoms with E-state index in [-0.39, 0.29) is 10.5 Å². The van der Waals surface area contributed by atoms with E-state index in [1.54, 1.807) is 36.4 Å². The number of rotatable bonds is 8. The molecule has 0 saturated heterocycles. The molecule has 0 aliphatic carbocycles. The molecular weight excluding hydrogens is 526 g/mol. The summed E-state index contributed by atoms with van der Waals surface area (Å²) in [5.74, 6) is -0.553. The Morgan fingerprint density at radius 2 is 1.42 bits per heavy atom. The predicted molar refractivity (Wildman–Crippen MR) is 146 cm³/mol. The Kier molecular flexibility index (Phi) is 8.20. The molecule has 4 aromatic carbocycles. The number of hydrazone groups is 1. The van der Waals surface area contributed by atoms with E-state index < -0.39 is 21.9 Å². The van der Waals surface area contributed by atoms with Crippen LogP contribution < -0.4 is 14.9 Å². The maximum atomic E-state index is 12.5. The number of nitrogens with one attached hydrogen (secondary N) is 2. The minimum Gasteiger partial charge on any atom is -0.423 e. The molecule has 0 radical (unpaired) electrons.